The molecule has 1 aliphatic heterocycles. The van der Waals surface area contributed by atoms with Gasteiger partial charge in [0.05, 0.1) is 6.04 Å². The Balaban J connectivity index is 1.46. The predicted molar refractivity (Wildman–Crippen MR) is 108 cm³/mol. The van der Waals surface area contributed by atoms with Crippen molar-refractivity contribution in [2.75, 3.05) is 18.4 Å². The molecule has 3 aromatic rings. The van der Waals surface area contributed by atoms with Gasteiger partial charge in [0, 0.05) is 36.2 Å². The Morgan fingerprint density at radius 3 is 2.52 bits per heavy atom. The third-order valence-corrected chi connectivity index (χ3v) is 4.87. The van der Waals surface area contributed by atoms with Crippen LogP contribution in [0.3, 0.4) is 0 Å². The highest BCUT2D eigenvalue weighted by atomic mass is 16.5. The Morgan fingerprint density at radius 1 is 1.07 bits per heavy atom. The first kappa shape index (κ1) is 17.5. The molecule has 2 heterocycles. The van der Waals surface area contributed by atoms with Crippen LogP contribution in [0.15, 0.2) is 73.1 Å². The van der Waals surface area contributed by atoms with Gasteiger partial charge in [0.2, 0.25) is 0 Å². The number of anilines is 1. The molecular formula is C22H24N4O. The smallest absolute Gasteiger partial charge is 0.127 e. The van der Waals surface area contributed by atoms with E-state index in [1.165, 1.54) is 6.42 Å². The number of para-hydroxylation sites is 1. The number of ether oxygens (including phenoxy) is 1. The third-order valence-electron chi connectivity index (χ3n) is 4.87. The van der Waals surface area contributed by atoms with Crippen molar-refractivity contribution in [2.45, 2.75) is 18.5 Å². The third kappa shape index (κ3) is 4.27. The van der Waals surface area contributed by atoms with Crippen molar-refractivity contribution < 1.29 is 4.74 Å². The van der Waals surface area contributed by atoms with E-state index in [0.29, 0.717) is 6.04 Å². The van der Waals surface area contributed by atoms with Crippen LogP contribution in [0.4, 0.5) is 5.69 Å². The van der Waals surface area contributed by atoms with Crippen molar-refractivity contribution >= 4 is 5.69 Å². The van der Waals surface area contributed by atoms with Crippen LogP contribution in [-0.2, 0) is 0 Å². The van der Waals surface area contributed by atoms with Gasteiger partial charge >= 0.3 is 0 Å². The van der Waals surface area contributed by atoms with Crippen LogP contribution in [0.1, 0.15) is 23.6 Å². The summed E-state index contributed by atoms with van der Waals surface area (Å²) in [6, 6.07) is 19.9. The molecule has 0 saturated carbocycles. The topological polar surface area (TPSA) is 72.2 Å². The highest BCUT2D eigenvalue weighted by molar-refractivity contribution is 5.54. The number of aromatic nitrogens is 1. The fraction of sp³-hybridized carbons (Fsp3) is 0.227. The summed E-state index contributed by atoms with van der Waals surface area (Å²) in [5, 5.41) is 6.90. The summed E-state index contributed by atoms with van der Waals surface area (Å²) < 4.78 is 5.85. The number of pyridine rings is 1. The van der Waals surface area contributed by atoms with Gasteiger partial charge < -0.3 is 21.1 Å². The van der Waals surface area contributed by atoms with E-state index in [1.807, 2.05) is 66.9 Å². The Hall–Kier alpha value is -2.89. The van der Waals surface area contributed by atoms with Crippen molar-refractivity contribution in [3.05, 3.63) is 84.2 Å². The molecule has 2 atom stereocenters. The zero-order valence-electron chi connectivity index (χ0n) is 15.1. The minimum Gasteiger partial charge on any atom is -0.457 e. The molecule has 27 heavy (non-hydrogen) atoms. The minimum atomic E-state index is -0.249. The number of nitrogens with two attached hydrogens (primary N) is 1. The lowest BCUT2D eigenvalue weighted by atomic mass is 9.99. The molecule has 1 fully saturated rings. The minimum absolute atomic E-state index is 0.249. The molecule has 0 spiro atoms. The zero-order chi connectivity index (χ0) is 18.5. The Bertz CT molecular complexity index is 863. The van der Waals surface area contributed by atoms with Gasteiger partial charge in [-0.05, 0) is 48.9 Å². The molecule has 0 aliphatic carbocycles. The van der Waals surface area contributed by atoms with Gasteiger partial charge in [0.25, 0.3) is 0 Å². The lowest BCUT2D eigenvalue weighted by Crippen LogP contribution is -2.47. The summed E-state index contributed by atoms with van der Waals surface area (Å²) in [4.78, 5) is 4.27. The molecule has 1 saturated heterocycles. The van der Waals surface area contributed by atoms with E-state index in [-0.39, 0.29) is 6.04 Å². The Morgan fingerprint density at radius 2 is 1.81 bits per heavy atom. The number of hydrogen-bond donors (Lipinski definition) is 3. The van der Waals surface area contributed by atoms with E-state index in [9.17, 15) is 0 Å². The van der Waals surface area contributed by atoms with Crippen LogP contribution < -0.4 is 21.1 Å². The summed E-state index contributed by atoms with van der Waals surface area (Å²) in [6.45, 7) is 2.00. The average molecular weight is 360 g/mol. The second-order valence-corrected chi connectivity index (χ2v) is 6.75. The highest BCUT2D eigenvalue weighted by Crippen LogP contribution is 2.28. The van der Waals surface area contributed by atoms with E-state index in [1.54, 1.807) is 6.20 Å². The first-order valence-corrected chi connectivity index (χ1v) is 9.29. The summed E-state index contributed by atoms with van der Waals surface area (Å²) in [6.07, 6.45) is 4.85. The quantitative estimate of drug-likeness (QED) is 0.599. The van der Waals surface area contributed by atoms with Gasteiger partial charge in [-0.2, -0.15) is 0 Å². The van der Waals surface area contributed by atoms with E-state index in [2.05, 4.69) is 15.6 Å². The van der Waals surface area contributed by atoms with Crippen molar-refractivity contribution in [2.24, 2.45) is 5.73 Å². The molecule has 138 valence electrons. The molecule has 5 nitrogen and oxygen atoms in total. The van der Waals surface area contributed by atoms with Crippen LogP contribution in [0, 0.1) is 0 Å². The van der Waals surface area contributed by atoms with E-state index in [4.69, 9.17) is 10.5 Å². The molecule has 0 radical (unpaired) electrons. The zero-order valence-corrected chi connectivity index (χ0v) is 15.1. The summed E-state index contributed by atoms with van der Waals surface area (Å²) in [7, 11) is 0. The number of benzene rings is 2. The Kier molecular flexibility index (Phi) is 5.32. The van der Waals surface area contributed by atoms with Crippen molar-refractivity contribution in [3.8, 4) is 11.5 Å². The van der Waals surface area contributed by atoms with Crippen molar-refractivity contribution in [1.29, 1.82) is 0 Å². The number of hydrogen-bond acceptors (Lipinski definition) is 5. The second kappa shape index (κ2) is 8.20. The van der Waals surface area contributed by atoms with Crippen molar-refractivity contribution in [1.82, 2.24) is 10.3 Å². The predicted octanol–water partition coefficient (Wildman–Crippen LogP) is 3.70. The number of nitrogens with zero attached hydrogens (tertiary/aromatic N) is 1. The molecule has 2 aromatic carbocycles. The molecule has 2 unspecified atom stereocenters. The van der Waals surface area contributed by atoms with Crippen LogP contribution in [0.25, 0.3) is 0 Å². The number of nitrogens with one attached hydrogen (secondary N) is 2. The Labute approximate surface area is 159 Å². The van der Waals surface area contributed by atoms with Gasteiger partial charge in [-0.25, -0.2) is 0 Å². The lowest BCUT2D eigenvalue weighted by Gasteiger charge is -2.28. The maximum Gasteiger partial charge on any atom is 0.127 e. The second-order valence-electron chi connectivity index (χ2n) is 6.75. The molecule has 0 amide bonds. The van der Waals surface area contributed by atoms with Crippen molar-refractivity contribution in [3.63, 3.8) is 0 Å². The van der Waals surface area contributed by atoms with Crippen LogP contribution in [-0.4, -0.2) is 24.1 Å². The van der Waals surface area contributed by atoms with Gasteiger partial charge in [-0.15, -0.1) is 0 Å². The summed E-state index contributed by atoms with van der Waals surface area (Å²) in [5.74, 6) is 1.61. The van der Waals surface area contributed by atoms with Crippen LogP contribution in [0.2, 0.25) is 0 Å². The van der Waals surface area contributed by atoms with Gasteiger partial charge in [0.15, 0.2) is 0 Å². The number of rotatable bonds is 7. The van der Waals surface area contributed by atoms with Gasteiger partial charge in [-0.1, -0.05) is 30.3 Å². The first-order valence-electron chi connectivity index (χ1n) is 9.29. The van der Waals surface area contributed by atoms with Gasteiger partial charge in [0.1, 0.15) is 11.5 Å². The average Bonchev–Trinajstić information content (AvgIpc) is 2.68. The molecule has 1 aromatic heterocycles. The fourth-order valence-corrected chi connectivity index (χ4v) is 3.12. The molecule has 5 heteroatoms. The molecule has 1 aliphatic rings. The van der Waals surface area contributed by atoms with Crippen LogP contribution in [0.5, 0.6) is 11.5 Å². The SMILES string of the molecule is NC(c1ccc(Oc2ccccc2)cc1)c1cnccc1NCC1CCN1. The summed E-state index contributed by atoms with van der Waals surface area (Å²) >= 11 is 0. The largest absolute Gasteiger partial charge is 0.457 e. The molecule has 4 N–H and O–H groups in total. The normalized spacial score (nSPS) is 17.0. The molecule has 4 rings (SSSR count). The maximum absolute atomic E-state index is 6.54. The standard InChI is InChI=1S/C22H24N4O/c23-22(20-15-24-12-11-21(20)26-14-17-10-13-25-17)16-6-8-19(9-7-16)27-18-4-2-1-3-5-18/h1-9,11-12,15,17,22,25H,10,13-14,23H2,(H,24,26). The van der Waals surface area contributed by atoms with E-state index < -0.39 is 0 Å². The lowest BCUT2D eigenvalue weighted by molar-refractivity contribution is 0.386. The van der Waals surface area contributed by atoms with Gasteiger partial charge in [-0.3, -0.25) is 4.98 Å². The molecule has 0 bridgehead atoms. The maximum atomic E-state index is 6.54. The van der Waals surface area contributed by atoms with Crippen LogP contribution >= 0.6 is 0 Å². The van der Waals surface area contributed by atoms with E-state index in [0.717, 1.165) is 41.4 Å². The highest BCUT2D eigenvalue weighted by Gasteiger charge is 2.18. The first-order chi connectivity index (χ1) is 13.3. The monoisotopic (exact) mass is 360 g/mol. The summed E-state index contributed by atoms with van der Waals surface area (Å²) in [5.41, 5.74) is 9.59. The molecular weight excluding hydrogens is 336 g/mol. The van der Waals surface area contributed by atoms with E-state index >= 15 is 0 Å². The fourth-order valence-electron chi connectivity index (χ4n) is 3.12.